The highest BCUT2D eigenvalue weighted by atomic mass is 16.5. The van der Waals surface area contributed by atoms with Crippen molar-refractivity contribution in [3.05, 3.63) is 41.7 Å². The van der Waals surface area contributed by atoms with Gasteiger partial charge >= 0.3 is 0 Å². The van der Waals surface area contributed by atoms with Crippen molar-refractivity contribution < 1.29 is 9.53 Å². The Labute approximate surface area is 101 Å². The number of methoxy groups -OCH3 is 1. The van der Waals surface area contributed by atoms with Gasteiger partial charge in [-0.1, -0.05) is 0 Å². The molecule has 1 aliphatic heterocycles. The minimum Gasteiger partial charge on any atom is -0.497 e. The van der Waals surface area contributed by atoms with Crippen LogP contribution in [-0.4, -0.2) is 26.0 Å². The summed E-state index contributed by atoms with van der Waals surface area (Å²) in [5, 5.41) is 6.29. The van der Waals surface area contributed by atoms with Crippen molar-refractivity contribution in [1.82, 2.24) is 10.6 Å². The molecule has 0 amide bonds. The number of ketones is 1. The molecular weight excluding hydrogens is 216 g/mol. The lowest BCUT2D eigenvalue weighted by molar-refractivity contribution is 0.104. The molecule has 4 heteroatoms. The second-order valence-corrected chi connectivity index (χ2v) is 3.86. The normalized spacial score (nSPS) is 14.5. The van der Waals surface area contributed by atoms with Crippen molar-refractivity contribution >= 4 is 5.78 Å². The van der Waals surface area contributed by atoms with Crippen LogP contribution < -0.4 is 15.4 Å². The van der Waals surface area contributed by atoms with Gasteiger partial charge in [0, 0.05) is 24.7 Å². The van der Waals surface area contributed by atoms with E-state index in [1.165, 1.54) is 0 Å². The minimum absolute atomic E-state index is 0.00967. The molecule has 1 aliphatic rings. The van der Waals surface area contributed by atoms with Gasteiger partial charge in [-0.3, -0.25) is 4.79 Å². The van der Waals surface area contributed by atoms with Crippen molar-refractivity contribution in [1.29, 1.82) is 0 Å². The summed E-state index contributed by atoms with van der Waals surface area (Å²) < 4.78 is 5.05. The molecule has 2 rings (SSSR count). The lowest BCUT2D eigenvalue weighted by Gasteiger charge is -2.18. The molecule has 1 saturated heterocycles. The van der Waals surface area contributed by atoms with Gasteiger partial charge in [0.05, 0.1) is 7.11 Å². The fraction of sp³-hybridized carbons (Fsp3) is 0.308. The van der Waals surface area contributed by atoms with Crippen LogP contribution in [0.15, 0.2) is 36.2 Å². The summed E-state index contributed by atoms with van der Waals surface area (Å²) in [6.45, 7) is 1.82. The van der Waals surface area contributed by atoms with Gasteiger partial charge in [-0.2, -0.15) is 0 Å². The monoisotopic (exact) mass is 232 g/mol. The van der Waals surface area contributed by atoms with Gasteiger partial charge in [0.15, 0.2) is 5.78 Å². The molecule has 0 atom stereocenters. The summed E-state index contributed by atoms with van der Waals surface area (Å²) in [6, 6.07) is 7.10. The zero-order valence-corrected chi connectivity index (χ0v) is 9.82. The van der Waals surface area contributed by atoms with Gasteiger partial charge in [-0.05, 0) is 30.7 Å². The molecule has 0 radical (unpaired) electrons. The molecule has 0 bridgehead atoms. The summed E-state index contributed by atoms with van der Waals surface area (Å²) in [5.74, 6) is 1.55. The number of nitrogens with one attached hydrogen (secondary N) is 2. The van der Waals surface area contributed by atoms with E-state index in [0.29, 0.717) is 5.56 Å². The molecule has 90 valence electrons. The van der Waals surface area contributed by atoms with Gasteiger partial charge in [-0.15, -0.1) is 0 Å². The topological polar surface area (TPSA) is 50.4 Å². The molecular formula is C13H16N2O2. The standard InChI is InChI=1S/C13H16N2O2/c1-17-11-5-3-10(4-6-11)12(16)9-13-14-7-2-8-15-13/h3-6,9,14-15H,2,7-8H2,1H3. The van der Waals surface area contributed by atoms with Gasteiger partial charge < -0.3 is 15.4 Å². The molecule has 4 nitrogen and oxygen atoms in total. The predicted molar refractivity (Wildman–Crippen MR) is 66.0 cm³/mol. The zero-order chi connectivity index (χ0) is 12.1. The SMILES string of the molecule is COc1ccc(C(=O)C=C2NCCCN2)cc1. The van der Waals surface area contributed by atoms with Crippen molar-refractivity contribution in [2.75, 3.05) is 20.2 Å². The highest BCUT2D eigenvalue weighted by Crippen LogP contribution is 2.12. The van der Waals surface area contributed by atoms with E-state index < -0.39 is 0 Å². The van der Waals surface area contributed by atoms with Crippen LogP contribution in [0.4, 0.5) is 0 Å². The van der Waals surface area contributed by atoms with Crippen molar-refractivity contribution in [2.45, 2.75) is 6.42 Å². The Morgan fingerprint density at radius 3 is 2.47 bits per heavy atom. The highest BCUT2D eigenvalue weighted by Gasteiger charge is 2.07. The first kappa shape index (κ1) is 11.5. The van der Waals surface area contributed by atoms with E-state index in [4.69, 9.17) is 4.74 Å². The number of carbonyl (C=O) groups excluding carboxylic acids is 1. The van der Waals surface area contributed by atoms with Crippen LogP contribution in [0.5, 0.6) is 5.75 Å². The van der Waals surface area contributed by atoms with Gasteiger partial charge in [0.25, 0.3) is 0 Å². The smallest absolute Gasteiger partial charge is 0.189 e. The predicted octanol–water partition coefficient (Wildman–Crippen LogP) is 1.30. The summed E-state index contributed by atoms with van der Waals surface area (Å²) in [6.07, 6.45) is 2.68. The van der Waals surface area contributed by atoms with E-state index in [9.17, 15) is 4.79 Å². The highest BCUT2D eigenvalue weighted by molar-refractivity contribution is 6.04. The average Bonchev–Trinajstić information content (AvgIpc) is 2.40. The van der Waals surface area contributed by atoms with Crippen LogP contribution in [0.3, 0.4) is 0 Å². The molecule has 2 N–H and O–H groups in total. The number of benzene rings is 1. The van der Waals surface area contributed by atoms with Crippen LogP contribution in [0, 0.1) is 0 Å². The van der Waals surface area contributed by atoms with E-state index in [-0.39, 0.29) is 5.78 Å². The first-order valence-corrected chi connectivity index (χ1v) is 5.67. The molecule has 0 aromatic heterocycles. The lowest BCUT2D eigenvalue weighted by Crippen LogP contribution is -2.35. The first-order valence-electron chi connectivity index (χ1n) is 5.67. The Kier molecular flexibility index (Phi) is 3.65. The number of carbonyl (C=O) groups is 1. The molecule has 17 heavy (non-hydrogen) atoms. The Hall–Kier alpha value is -1.97. The Morgan fingerprint density at radius 1 is 1.24 bits per heavy atom. The van der Waals surface area contributed by atoms with Gasteiger partial charge in [-0.25, -0.2) is 0 Å². The Morgan fingerprint density at radius 2 is 1.88 bits per heavy atom. The van der Waals surface area contributed by atoms with Crippen LogP contribution in [-0.2, 0) is 0 Å². The number of rotatable bonds is 3. The van der Waals surface area contributed by atoms with E-state index in [2.05, 4.69) is 10.6 Å². The van der Waals surface area contributed by atoms with Crippen molar-refractivity contribution in [3.8, 4) is 5.75 Å². The van der Waals surface area contributed by atoms with E-state index in [0.717, 1.165) is 31.1 Å². The number of hydrogen-bond donors (Lipinski definition) is 2. The van der Waals surface area contributed by atoms with Crippen LogP contribution in [0.2, 0.25) is 0 Å². The van der Waals surface area contributed by atoms with Crippen molar-refractivity contribution in [3.63, 3.8) is 0 Å². The quantitative estimate of drug-likeness (QED) is 0.609. The molecule has 1 aromatic carbocycles. The molecule has 0 unspecified atom stereocenters. The summed E-state index contributed by atoms with van der Waals surface area (Å²) in [4.78, 5) is 11.9. The largest absolute Gasteiger partial charge is 0.497 e. The second-order valence-electron chi connectivity index (χ2n) is 3.86. The Bertz CT molecular complexity index is 416. The Balaban J connectivity index is 2.07. The summed E-state index contributed by atoms with van der Waals surface area (Å²) >= 11 is 0. The maximum atomic E-state index is 11.9. The van der Waals surface area contributed by atoms with Gasteiger partial charge in [0.1, 0.15) is 11.6 Å². The number of allylic oxidation sites excluding steroid dienone is 1. The third kappa shape index (κ3) is 3.00. The van der Waals surface area contributed by atoms with Crippen LogP contribution in [0.25, 0.3) is 0 Å². The molecule has 0 spiro atoms. The van der Waals surface area contributed by atoms with E-state index in [1.54, 1.807) is 37.5 Å². The minimum atomic E-state index is -0.00967. The summed E-state index contributed by atoms with van der Waals surface area (Å²) in [5.41, 5.74) is 0.660. The van der Waals surface area contributed by atoms with E-state index in [1.807, 2.05) is 0 Å². The lowest BCUT2D eigenvalue weighted by atomic mass is 10.1. The molecule has 0 saturated carbocycles. The van der Waals surface area contributed by atoms with Gasteiger partial charge in [0.2, 0.25) is 0 Å². The fourth-order valence-electron chi connectivity index (χ4n) is 1.67. The number of hydrogen-bond acceptors (Lipinski definition) is 4. The van der Waals surface area contributed by atoms with E-state index >= 15 is 0 Å². The molecule has 1 aromatic rings. The maximum absolute atomic E-state index is 11.9. The van der Waals surface area contributed by atoms with Crippen LogP contribution in [0.1, 0.15) is 16.8 Å². The second kappa shape index (κ2) is 5.39. The molecule has 0 aliphatic carbocycles. The average molecular weight is 232 g/mol. The first-order chi connectivity index (χ1) is 8.29. The molecule has 1 heterocycles. The molecule has 1 fully saturated rings. The maximum Gasteiger partial charge on any atom is 0.189 e. The number of ether oxygens (including phenoxy) is 1. The summed E-state index contributed by atoms with van der Waals surface area (Å²) in [7, 11) is 1.61. The fourth-order valence-corrected chi connectivity index (χ4v) is 1.67. The van der Waals surface area contributed by atoms with Crippen molar-refractivity contribution in [2.24, 2.45) is 0 Å². The third-order valence-corrected chi connectivity index (χ3v) is 2.63. The van der Waals surface area contributed by atoms with Crippen LogP contribution >= 0.6 is 0 Å². The third-order valence-electron chi connectivity index (χ3n) is 2.63. The zero-order valence-electron chi connectivity index (χ0n) is 9.82.